The van der Waals surface area contributed by atoms with Gasteiger partial charge in [-0.1, -0.05) is 46.0 Å². The second-order valence-corrected chi connectivity index (χ2v) is 6.05. The lowest BCUT2D eigenvalue weighted by atomic mass is 9.96. The van der Waals surface area contributed by atoms with Crippen LogP contribution in [0.4, 0.5) is 0 Å². The Balaban J connectivity index is 3.56. The highest BCUT2D eigenvalue weighted by Gasteiger charge is 2.31. The van der Waals surface area contributed by atoms with E-state index in [1.54, 1.807) is 6.92 Å². The third-order valence-electron chi connectivity index (χ3n) is 3.84. The maximum atomic E-state index is 11.3. The van der Waals surface area contributed by atoms with Crippen LogP contribution in [-0.4, -0.2) is 36.4 Å². The van der Waals surface area contributed by atoms with Gasteiger partial charge in [-0.2, -0.15) is 0 Å². The van der Waals surface area contributed by atoms with Crippen LogP contribution in [0.25, 0.3) is 0 Å². The first kappa shape index (κ1) is 20.4. The average Bonchev–Trinajstić information content (AvgIpc) is 2.47. The zero-order valence-corrected chi connectivity index (χ0v) is 14.2. The Morgan fingerprint density at radius 1 is 1.00 bits per heavy atom. The predicted octanol–water partition coefficient (Wildman–Crippen LogP) is 3.99. The van der Waals surface area contributed by atoms with Gasteiger partial charge in [0.2, 0.25) is 0 Å². The molecule has 0 bridgehead atoms. The number of carbonyl (C=O) groups is 1. The number of carboxylic acids is 1. The molecule has 4 nitrogen and oxygen atoms in total. The Morgan fingerprint density at radius 2 is 1.62 bits per heavy atom. The van der Waals surface area contributed by atoms with Gasteiger partial charge in [-0.05, 0) is 39.2 Å². The fourth-order valence-corrected chi connectivity index (χ4v) is 2.29. The topological polar surface area (TPSA) is 58.6 Å². The molecule has 0 aliphatic carbocycles. The van der Waals surface area contributed by atoms with Gasteiger partial charge in [0.1, 0.15) is 5.54 Å². The largest absolute Gasteiger partial charge is 0.480 e. The molecule has 1 atom stereocenters. The minimum absolute atomic E-state index is 0.610. The fourth-order valence-electron chi connectivity index (χ4n) is 2.29. The van der Waals surface area contributed by atoms with Crippen molar-refractivity contribution < 1.29 is 14.6 Å². The number of nitrogens with one attached hydrogen (secondary N) is 1. The van der Waals surface area contributed by atoms with Crippen molar-refractivity contribution >= 4 is 5.97 Å². The molecule has 0 aliphatic rings. The summed E-state index contributed by atoms with van der Waals surface area (Å²) in [5.74, 6) is -0.771. The number of ether oxygens (including phenoxy) is 1. The minimum Gasteiger partial charge on any atom is -0.480 e. The number of carboxylic acid groups (broad SMARTS) is 1. The summed E-state index contributed by atoms with van der Waals surface area (Å²) in [5, 5.41) is 12.4. The predicted molar refractivity (Wildman–Crippen MR) is 87.8 cm³/mol. The molecule has 1 unspecified atom stereocenters. The van der Waals surface area contributed by atoms with Gasteiger partial charge >= 0.3 is 5.97 Å². The van der Waals surface area contributed by atoms with Crippen molar-refractivity contribution in [3.05, 3.63) is 0 Å². The summed E-state index contributed by atoms with van der Waals surface area (Å²) >= 11 is 0. The fraction of sp³-hybridized carbons (Fsp3) is 0.941. The monoisotopic (exact) mass is 301 g/mol. The van der Waals surface area contributed by atoms with Gasteiger partial charge in [-0.25, -0.2) is 0 Å². The van der Waals surface area contributed by atoms with Crippen molar-refractivity contribution in [2.45, 2.75) is 84.1 Å². The molecule has 4 heteroatoms. The second-order valence-electron chi connectivity index (χ2n) is 6.05. The van der Waals surface area contributed by atoms with Crippen molar-refractivity contribution in [3.63, 3.8) is 0 Å². The molecule has 21 heavy (non-hydrogen) atoms. The minimum atomic E-state index is -0.820. The SMILES string of the molecule is CCCCCCCCOCCCC(C)(NCCC)C(=O)O. The van der Waals surface area contributed by atoms with E-state index in [0.717, 1.165) is 32.4 Å². The summed E-state index contributed by atoms with van der Waals surface area (Å²) in [6.07, 6.45) is 9.95. The van der Waals surface area contributed by atoms with Crippen LogP contribution in [0.15, 0.2) is 0 Å². The van der Waals surface area contributed by atoms with E-state index in [-0.39, 0.29) is 0 Å². The molecule has 0 heterocycles. The van der Waals surface area contributed by atoms with Gasteiger partial charge in [0.05, 0.1) is 0 Å². The average molecular weight is 301 g/mol. The van der Waals surface area contributed by atoms with E-state index in [2.05, 4.69) is 12.2 Å². The van der Waals surface area contributed by atoms with Gasteiger partial charge in [-0.15, -0.1) is 0 Å². The molecule has 0 aliphatic heterocycles. The number of unbranched alkanes of at least 4 members (excludes halogenated alkanes) is 5. The number of hydrogen-bond donors (Lipinski definition) is 2. The highest BCUT2D eigenvalue weighted by Crippen LogP contribution is 2.13. The quantitative estimate of drug-likeness (QED) is 0.449. The Labute approximate surface area is 130 Å². The van der Waals surface area contributed by atoms with Crippen LogP contribution in [0.1, 0.15) is 78.6 Å². The molecule has 0 saturated carbocycles. The van der Waals surface area contributed by atoms with E-state index >= 15 is 0 Å². The molecule has 2 N–H and O–H groups in total. The smallest absolute Gasteiger partial charge is 0.323 e. The molecule has 0 rings (SSSR count). The van der Waals surface area contributed by atoms with Crippen molar-refractivity contribution in [1.82, 2.24) is 5.32 Å². The van der Waals surface area contributed by atoms with Crippen LogP contribution >= 0.6 is 0 Å². The molecule has 126 valence electrons. The highest BCUT2D eigenvalue weighted by atomic mass is 16.5. The van der Waals surface area contributed by atoms with Crippen LogP contribution in [-0.2, 0) is 9.53 Å². The lowest BCUT2D eigenvalue weighted by Crippen LogP contribution is -2.49. The summed E-state index contributed by atoms with van der Waals surface area (Å²) in [7, 11) is 0. The van der Waals surface area contributed by atoms with E-state index in [9.17, 15) is 9.90 Å². The maximum absolute atomic E-state index is 11.3. The molecule has 0 spiro atoms. The van der Waals surface area contributed by atoms with Crippen molar-refractivity contribution in [3.8, 4) is 0 Å². The van der Waals surface area contributed by atoms with E-state index in [4.69, 9.17) is 4.74 Å². The van der Waals surface area contributed by atoms with Gasteiger partial charge in [-0.3, -0.25) is 4.79 Å². The summed E-state index contributed by atoms with van der Waals surface area (Å²) < 4.78 is 5.60. The van der Waals surface area contributed by atoms with Crippen LogP contribution in [0.3, 0.4) is 0 Å². The van der Waals surface area contributed by atoms with E-state index in [0.29, 0.717) is 13.0 Å². The van der Waals surface area contributed by atoms with Crippen molar-refractivity contribution in [2.75, 3.05) is 19.8 Å². The van der Waals surface area contributed by atoms with Gasteiger partial charge in [0, 0.05) is 13.2 Å². The summed E-state index contributed by atoms with van der Waals surface area (Å²) in [5.41, 5.74) is -0.820. The molecular formula is C17H35NO3. The van der Waals surface area contributed by atoms with Crippen LogP contribution < -0.4 is 5.32 Å². The number of hydrogen-bond acceptors (Lipinski definition) is 3. The molecule has 0 fully saturated rings. The molecule has 0 aromatic heterocycles. The summed E-state index contributed by atoms with van der Waals surface area (Å²) in [6, 6.07) is 0. The third kappa shape index (κ3) is 10.7. The first-order chi connectivity index (χ1) is 10.1. The zero-order valence-electron chi connectivity index (χ0n) is 14.2. The lowest BCUT2D eigenvalue weighted by molar-refractivity contribution is -0.144. The van der Waals surface area contributed by atoms with E-state index in [1.807, 2.05) is 6.92 Å². The first-order valence-electron chi connectivity index (χ1n) is 8.63. The molecule has 0 radical (unpaired) electrons. The van der Waals surface area contributed by atoms with Crippen molar-refractivity contribution in [1.29, 1.82) is 0 Å². The zero-order chi connectivity index (χ0) is 16.0. The van der Waals surface area contributed by atoms with E-state index < -0.39 is 11.5 Å². The van der Waals surface area contributed by atoms with Gasteiger partial charge in [0.25, 0.3) is 0 Å². The van der Waals surface area contributed by atoms with Gasteiger partial charge < -0.3 is 15.2 Å². The second kappa shape index (κ2) is 13.1. The Morgan fingerprint density at radius 3 is 2.24 bits per heavy atom. The lowest BCUT2D eigenvalue weighted by Gasteiger charge is -2.26. The molecule has 0 saturated heterocycles. The normalized spacial score (nSPS) is 14.0. The number of aliphatic carboxylic acids is 1. The first-order valence-corrected chi connectivity index (χ1v) is 8.63. The number of rotatable bonds is 15. The Hall–Kier alpha value is -0.610. The molecule has 0 amide bonds. The van der Waals surface area contributed by atoms with Crippen LogP contribution in [0.5, 0.6) is 0 Å². The molecule has 0 aromatic carbocycles. The Kier molecular flexibility index (Phi) is 12.7. The van der Waals surface area contributed by atoms with Gasteiger partial charge in [0.15, 0.2) is 0 Å². The Bertz CT molecular complexity index is 258. The third-order valence-corrected chi connectivity index (χ3v) is 3.84. The summed E-state index contributed by atoms with van der Waals surface area (Å²) in [4.78, 5) is 11.3. The summed E-state index contributed by atoms with van der Waals surface area (Å²) in [6.45, 7) is 8.23. The maximum Gasteiger partial charge on any atom is 0.323 e. The molecular weight excluding hydrogens is 266 g/mol. The van der Waals surface area contributed by atoms with Crippen molar-refractivity contribution in [2.24, 2.45) is 0 Å². The van der Waals surface area contributed by atoms with E-state index in [1.165, 1.54) is 32.1 Å². The van der Waals surface area contributed by atoms with Crippen LogP contribution in [0.2, 0.25) is 0 Å². The standard InChI is InChI=1S/C17H35NO3/c1-4-6-7-8-9-10-14-21-15-11-12-17(3,16(19)20)18-13-5-2/h18H,4-15H2,1-3H3,(H,19,20). The highest BCUT2D eigenvalue weighted by molar-refractivity contribution is 5.78. The van der Waals surface area contributed by atoms with Crippen LogP contribution in [0, 0.1) is 0 Å². The molecule has 0 aromatic rings.